The summed E-state index contributed by atoms with van der Waals surface area (Å²) in [4.78, 5) is 27.0. The summed E-state index contributed by atoms with van der Waals surface area (Å²) in [6, 6.07) is 5.43. The molecular formula is C14H16ClFN2O3. The van der Waals surface area contributed by atoms with Crippen LogP contribution in [0.1, 0.15) is 10.4 Å². The van der Waals surface area contributed by atoms with E-state index in [1.807, 2.05) is 0 Å². The smallest absolute Gasteiger partial charge is 0.409 e. The summed E-state index contributed by atoms with van der Waals surface area (Å²) in [7, 11) is 0. The maximum atomic E-state index is 12.8. The Morgan fingerprint density at radius 2 is 1.67 bits per heavy atom. The van der Waals surface area contributed by atoms with E-state index < -0.39 is 6.09 Å². The number of halogens is 2. The fourth-order valence-corrected chi connectivity index (χ4v) is 2.16. The molecule has 0 radical (unpaired) electrons. The lowest BCUT2D eigenvalue weighted by Gasteiger charge is -2.34. The molecule has 0 bridgehead atoms. The number of alkyl halides is 1. The number of amides is 2. The fourth-order valence-electron chi connectivity index (χ4n) is 2.08. The van der Waals surface area contributed by atoms with Crippen LogP contribution in [0.2, 0.25) is 0 Å². The number of nitrogens with zero attached hydrogens (tertiary/aromatic N) is 2. The van der Waals surface area contributed by atoms with Crippen molar-refractivity contribution in [2.75, 3.05) is 38.7 Å². The molecule has 0 aliphatic carbocycles. The van der Waals surface area contributed by atoms with Gasteiger partial charge in [0, 0.05) is 31.7 Å². The van der Waals surface area contributed by atoms with Gasteiger partial charge in [0.2, 0.25) is 0 Å². The summed E-state index contributed by atoms with van der Waals surface area (Å²) < 4.78 is 17.8. The van der Waals surface area contributed by atoms with E-state index in [-0.39, 0.29) is 24.2 Å². The highest BCUT2D eigenvalue weighted by atomic mass is 35.5. The van der Waals surface area contributed by atoms with Crippen LogP contribution >= 0.6 is 11.6 Å². The van der Waals surface area contributed by atoms with Gasteiger partial charge in [0.25, 0.3) is 5.91 Å². The normalized spacial score (nSPS) is 15.0. The van der Waals surface area contributed by atoms with Crippen LogP contribution in [-0.2, 0) is 4.74 Å². The van der Waals surface area contributed by atoms with Crippen LogP contribution < -0.4 is 0 Å². The molecule has 7 heteroatoms. The van der Waals surface area contributed by atoms with Crippen LogP contribution in [0.25, 0.3) is 0 Å². The zero-order valence-electron chi connectivity index (χ0n) is 11.4. The standard InChI is InChI=1S/C14H16ClFN2O3/c15-5-10-21-14(20)18-8-6-17(7-9-18)13(19)11-1-3-12(16)4-2-11/h1-4H,5-10H2. The Kier molecular flexibility index (Phi) is 5.38. The third-order valence-corrected chi connectivity index (χ3v) is 3.37. The Balaban J connectivity index is 1.87. The topological polar surface area (TPSA) is 49.9 Å². The van der Waals surface area contributed by atoms with E-state index in [2.05, 4.69) is 0 Å². The first kappa shape index (κ1) is 15.6. The Morgan fingerprint density at radius 1 is 1.10 bits per heavy atom. The van der Waals surface area contributed by atoms with Crippen LogP contribution in [0, 0.1) is 5.82 Å². The van der Waals surface area contributed by atoms with Crippen LogP contribution in [0.4, 0.5) is 9.18 Å². The molecule has 0 spiro atoms. The number of carbonyl (C=O) groups is 2. The molecule has 1 fully saturated rings. The molecule has 2 rings (SSSR count). The summed E-state index contributed by atoms with van der Waals surface area (Å²) in [5, 5.41) is 0. The van der Waals surface area contributed by atoms with Crippen LogP contribution in [0.15, 0.2) is 24.3 Å². The molecule has 1 saturated heterocycles. The number of rotatable bonds is 3. The maximum absolute atomic E-state index is 12.8. The molecule has 1 aromatic carbocycles. The molecule has 114 valence electrons. The third kappa shape index (κ3) is 4.07. The Hall–Kier alpha value is -1.82. The second kappa shape index (κ2) is 7.26. The van der Waals surface area contributed by atoms with Gasteiger partial charge in [0.1, 0.15) is 12.4 Å². The first-order valence-corrected chi connectivity index (χ1v) is 7.18. The van der Waals surface area contributed by atoms with Gasteiger partial charge in [0.05, 0.1) is 5.88 Å². The summed E-state index contributed by atoms with van der Waals surface area (Å²) in [5.74, 6) is -0.281. The average molecular weight is 315 g/mol. The molecule has 1 aliphatic rings. The molecule has 0 aromatic heterocycles. The van der Waals surface area contributed by atoms with Gasteiger partial charge in [-0.25, -0.2) is 9.18 Å². The number of carbonyl (C=O) groups excluding carboxylic acids is 2. The van der Waals surface area contributed by atoms with Crippen molar-refractivity contribution in [2.45, 2.75) is 0 Å². The van der Waals surface area contributed by atoms with Crippen molar-refractivity contribution in [3.63, 3.8) is 0 Å². The first-order valence-electron chi connectivity index (χ1n) is 6.64. The Labute approximate surface area is 127 Å². The molecule has 21 heavy (non-hydrogen) atoms. The minimum absolute atomic E-state index is 0.163. The molecule has 2 amide bonds. The number of ether oxygens (including phenoxy) is 1. The molecule has 0 unspecified atom stereocenters. The molecule has 1 heterocycles. The van der Waals surface area contributed by atoms with E-state index in [0.29, 0.717) is 31.7 Å². The maximum Gasteiger partial charge on any atom is 0.409 e. The van der Waals surface area contributed by atoms with Crippen molar-refractivity contribution in [1.82, 2.24) is 9.80 Å². The lowest BCUT2D eigenvalue weighted by molar-refractivity contribution is 0.0572. The zero-order valence-corrected chi connectivity index (χ0v) is 12.2. The second-order valence-electron chi connectivity index (χ2n) is 4.59. The van der Waals surface area contributed by atoms with Gasteiger partial charge >= 0.3 is 6.09 Å². The van der Waals surface area contributed by atoms with E-state index in [9.17, 15) is 14.0 Å². The van der Waals surface area contributed by atoms with Gasteiger partial charge in [-0.3, -0.25) is 4.79 Å². The lowest BCUT2D eigenvalue weighted by Crippen LogP contribution is -2.50. The summed E-state index contributed by atoms with van der Waals surface area (Å²) >= 11 is 5.45. The van der Waals surface area contributed by atoms with Gasteiger partial charge in [-0.05, 0) is 24.3 Å². The predicted octanol–water partition coefficient (Wildman–Crippen LogP) is 1.96. The number of hydrogen-bond donors (Lipinski definition) is 0. The monoisotopic (exact) mass is 314 g/mol. The summed E-state index contributed by atoms with van der Waals surface area (Å²) in [6.45, 7) is 1.84. The molecule has 1 aromatic rings. The highest BCUT2D eigenvalue weighted by Gasteiger charge is 2.25. The largest absolute Gasteiger partial charge is 0.448 e. The Morgan fingerprint density at radius 3 is 2.24 bits per heavy atom. The average Bonchev–Trinajstić information content (AvgIpc) is 2.53. The summed E-state index contributed by atoms with van der Waals surface area (Å²) in [5.41, 5.74) is 0.439. The van der Waals surface area contributed by atoms with Crippen LogP contribution in [-0.4, -0.2) is 60.5 Å². The Bertz CT molecular complexity index is 501. The van der Waals surface area contributed by atoms with E-state index in [0.717, 1.165) is 0 Å². The summed E-state index contributed by atoms with van der Waals surface area (Å²) in [6.07, 6.45) is -0.412. The second-order valence-corrected chi connectivity index (χ2v) is 4.97. The highest BCUT2D eigenvalue weighted by molar-refractivity contribution is 6.18. The van der Waals surface area contributed by atoms with Gasteiger partial charge in [-0.1, -0.05) is 0 Å². The van der Waals surface area contributed by atoms with Gasteiger partial charge in [-0.2, -0.15) is 0 Å². The molecule has 1 aliphatic heterocycles. The predicted molar refractivity (Wildman–Crippen MR) is 75.9 cm³/mol. The van der Waals surface area contributed by atoms with Crippen LogP contribution in [0.3, 0.4) is 0 Å². The SMILES string of the molecule is O=C(OCCCl)N1CCN(C(=O)c2ccc(F)cc2)CC1. The lowest BCUT2D eigenvalue weighted by atomic mass is 10.2. The van der Waals surface area contributed by atoms with Crippen molar-refractivity contribution in [3.05, 3.63) is 35.6 Å². The van der Waals surface area contributed by atoms with Crippen molar-refractivity contribution in [2.24, 2.45) is 0 Å². The number of benzene rings is 1. The molecular weight excluding hydrogens is 299 g/mol. The number of hydrogen-bond acceptors (Lipinski definition) is 3. The van der Waals surface area contributed by atoms with Crippen molar-refractivity contribution in [3.8, 4) is 0 Å². The zero-order chi connectivity index (χ0) is 15.2. The van der Waals surface area contributed by atoms with E-state index in [1.165, 1.54) is 24.3 Å². The van der Waals surface area contributed by atoms with Crippen molar-refractivity contribution < 1.29 is 18.7 Å². The minimum atomic E-state index is -0.412. The van der Waals surface area contributed by atoms with E-state index >= 15 is 0 Å². The molecule has 0 atom stereocenters. The molecule has 0 N–H and O–H groups in total. The quantitative estimate of drug-likeness (QED) is 0.801. The minimum Gasteiger partial charge on any atom is -0.448 e. The third-order valence-electron chi connectivity index (χ3n) is 3.22. The van der Waals surface area contributed by atoms with E-state index in [1.54, 1.807) is 9.80 Å². The van der Waals surface area contributed by atoms with Gasteiger partial charge in [0.15, 0.2) is 0 Å². The van der Waals surface area contributed by atoms with Crippen LogP contribution in [0.5, 0.6) is 0 Å². The first-order chi connectivity index (χ1) is 10.1. The molecule has 5 nitrogen and oxygen atoms in total. The van der Waals surface area contributed by atoms with Crippen molar-refractivity contribution >= 4 is 23.6 Å². The van der Waals surface area contributed by atoms with Crippen molar-refractivity contribution in [1.29, 1.82) is 0 Å². The number of piperazine rings is 1. The molecule has 0 saturated carbocycles. The van der Waals surface area contributed by atoms with Gasteiger partial charge < -0.3 is 14.5 Å². The van der Waals surface area contributed by atoms with E-state index in [4.69, 9.17) is 16.3 Å². The fraction of sp³-hybridized carbons (Fsp3) is 0.429. The highest BCUT2D eigenvalue weighted by Crippen LogP contribution is 2.10. The van der Waals surface area contributed by atoms with Gasteiger partial charge in [-0.15, -0.1) is 11.6 Å².